The summed E-state index contributed by atoms with van der Waals surface area (Å²) >= 11 is 0. The van der Waals surface area contributed by atoms with E-state index in [1.165, 1.54) is 12.1 Å². The van der Waals surface area contributed by atoms with Crippen LogP contribution in [-0.4, -0.2) is 17.3 Å². The Morgan fingerprint density at radius 2 is 1.76 bits per heavy atom. The molecule has 1 amide bonds. The fourth-order valence-electron chi connectivity index (χ4n) is 1.56. The van der Waals surface area contributed by atoms with Gasteiger partial charge >= 0.3 is 6.36 Å². The number of pyridine rings is 1. The van der Waals surface area contributed by atoms with Crippen LogP contribution in [0.1, 0.15) is 15.9 Å². The van der Waals surface area contributed by atoms with E-state index in [1.54, 1.807) is 18.3 Å². The molecular formula is C14H11Ar3F3N2O2Y. The van der Waals surface area contributed by atoms with Crippen molar-refractivity contribution < 1.29 is 169 Å². The Morgan fingerprint density at radius 3 is 2.28 bits per heavy atom. The minimum Gasteiger partial charge on any atom is -0.406 e. The van der Waals surface area contributed by atoms with E-state index in [-0.39, 0.29) is 151 Å². The molecule has 2 aromatic rings. The van der Waals surface area contributed by atoms with Crippen molar-refractivity contribution in [3.05, 3.63) is 53.7 Å². The first kappa shape index (κ1) is 32.0. The summed E-state index contributed by atoms with van der Waals surface area (Å²) in [5.74, 6) is -0.710. The summed E-state index contributed by atoms with van der Waals surface area (Å²) in [6.45, 7) is 1.84. The van der Waals surface area contributed by atoms with Crippen LogP contribution >= 0.6 is 0 Å². The minimum absolute atomic E-state index is 0. The number of aryl methyl sites for hydroxylation is 1. The summed E-state index contributed by atoms with van der Waals surface area (Å²) in [7, 11) is 0. The maximum Gasteiger partial charge on any atom is 0.573 e. The molecule has 0 fully saturated rings. The van der Waals surface area contributed by atoms with E-state index in [2.05, 4.69) is 15.0 Å². The number of anilines is 1. The van der Waals surface area contributed by atoms with Gasteiger partial charge in [0, 0.05) is 158 Å². The van der Waals surface area contributed by atoms with Crippen LogP contribution in [-0.2, 0) is 32.7 Å². The van der Waals surface area contributed by atoms with E-state index in [4.69, 9.17) is 0 Å². The third-order valence-electron chi connectivity index (χ3n) is 2.48. The molecule has 0 aliphatic rings. The molecule has 1 aromatic heterocycles. The third-order valence-corrected chi connectivity index (χ3v) is 2.48. The standard InChI is InChI=1S/C14H11F3N2O2.3Ar.Y/c1-9-5-6-12(18-8-9)19-13(20)10-3-2-4-11(7-10)21-14(15,16)17;;;;/h2-8H,1H3,(H,18,19,20);;;;. The Morgan fingerprint density at radius 1 is 1.12 bits per heavy atom. The summed E-state index contributed by atoms with van der Waals surface area (Å²) in [6.07, 6.45) is -3.23. The second-order valence-electron chi connectivity index (χ2n) is 4.25. The number of benzene rings is 1. The fraction of sp³-hybridized carbons (Fsp3) is 0.143. The summed E-state index contributed by atoms with van der Waals surface area (Å²) in [6, 6.07) is 8.17. The van der Waals surface area contributed by atoms with Gasteiger partial charge in [-0.2, -0.15) is 0 Å². The maximum atomic E-state index is 12.1. The predicted molar refractivity (Wildman–Crippen MR) is 70.1 cm³/mol. The summed E-state index contributed by atoms with van der Waals surface area (Å²) in [4.78, 5) is 15.9. The summed E-state index contributed by atoms with van der Waals surface area (Å²) < 4.78 is 40.1. The molecular weight excluding hydrogens is 494 g/mol. The maximum absolute atomic E-state index is 12.1. The average molecular weight is 505 g/mol. The van der Waals surface area contributed by atoms with Crippen LogP contribution in [0.4, 0.5) is 19.0 Å². The Labute approximate surface area is 258 Å². The topological polar surface area (TPSA) is 51.2 Å². The summed E-state index contributed by atoms with van der Waals surface area (Å²) in [5.41, 5.74) is 0.965. The minimum atomic E-state index is -4.80. The van der Waals surface area contributed by atoms with E-state index in [0.717, 1.165) is 17.7 Å². The largest absolute Gasteiger partial charge is 0.573 e. The van der Waals surface area contributed by atoms with Gasteiger partial charge in [-0.25, -0.2) is 4.98 Å². The van der Waals surface area contributed by atoms with Crippen LogP contribution in [0.2, 0.25) is 0 Å². The molecule has 11 heteroatoms. The molecule has 2 rings (SSSR count). The van der Waals surface area contributed by atoms with Gasteiger partial charge in [-0.3, -0.25) is 4.79 Å². The molecule has 1 radical (unpaired) electrons. The molecule has 0 aliphatic carbocycles. The molecule has 0 saturated carbocycles. The normalized spacial score (nSPS) is 9.28. The number of rotatable bonds is 3. The van der Waals surface area contributed by atoms with Crippen molar-refractivity contribution in [2.75, 3.05) is 5.32 Å². The first-order chi connectivity index (χ1) is 9.83. The summed E-state index contributed by atoms with van der Waals surface area (Å²) in [5, 5.41) is 2.49. The van der Waals surface area contributed by atoms with Gasteiger partial charge in [0.25, 0.3) is 5.91 Å². The van der Waals surface area contributed by atoms with Gasteiger partial charge in [0.1, 0.15) is 11.6 Å². The van der Waals surface area contributed by atoms with Crippen molar-refractivity contribution in [2.24, 2.45) is 0 Å². The molecule has 0 aliphatic heterocycles. The van der Waals surface area contributed by atoms with Gasteiger partial charge in [-0.05, 0) is 36.8 Å². The monoisotopic (exact) mass is 505 g/mol. The second-order valence-corrected chi connectivity index (χ2v) is 4.25. The van der Waals surface area contributed by atoms with Crippen LogP contribution in [0, 0.1) is 120 Å². The van der Waals surface area contributed by atoms with Crippen molar-refractivity contribution >= 4 is 11.7 Å². The Kier molecular flexibility index (Phi) is 19.4. The number of alkyl halides is 3. The number of carbonyl (C=O) groups excluding carboxylic acids is 1. The molecule has 0 bridgehead atoms. The van der Waals surface area contributed by atoms with Crippen molar-refractivity contribution in [2.45, 2.75) is 13.3 Å². The third kappa shape index (κ3) is 12.5. The molecule has 0 saturated heterocycles. The van der Waals surface area contributed by atoms with E-state index in [0.29, 0.717) is 5.82 Å². The zero-order valence-electron chi connectivity index (χ0n) is 12.6. The fourth-order valence-corrected chi connectivity index (χ4v) is 1.56. The SMILES string of the molecule is Cc1ccc(NC(=O)c2cccc(OC(F)(F)F)c2)nc1.[Ar].[Ar].[Ar].[Y]. The predicted octanol–water partition coefficient (Wildman–Crippen LogP) is 3.54. The van der Waals surface area contributed by atoms with Crippen molar-refractivity contribution in [1.82, 2.24) is 4.98 Å². The van der Waals surface area contributed by atoms with Crippen molar-refractivity contribution in [1.29, 1.82) is 0 Å². The number of ether oxygens (including phenoxy) is 1. The van der Waals surface area contributed by atoms with Gasteiger partial charge in [0.15, 0.2) is 0 Å². The van der Waals surface area contributed by atoms with Crippen LogP contribution in [0.3, 0.4) is 0 Å². The number of amides is 1. The van der Waals surface area contributed by atoms with Crippen LogP contribution in [0.5, 0.6) is 5.75 Å². The number of aromatic nitrogens is 1. The smallest absolute Gasteiger partial charge is 0.406 e. The van der Waals surface area contributed by atoms with Gasteiger partial charge in [-0.15, -0.1) is 13.2 Å². The number of hydrogen-bond donors (Lipinski definition) is 1. The zero-order chi connectivity index (χ0) is 15.5. The number of carbonyl (C=O) groups is 1. The van der Waals surface area contributed by atoms with Gasteiger partial charge in [0.05, 0.1) is 0 Å². The van der Waals surface area contributed by atoms with Crippen molar-refractivity contribution in [3.8, 4) is 5.75 Å². The number of nitrogens with zero attached hydrogens (tertiary/aromatic N) is 1. The van der Waals surface area contributed by atoms with Gasteiger partial charge in [0.2, 0.25) is 0 Å². The van der Waals surface area contributed by atoms with E-state index >= 15 is 0 Å². The molecule has 0 atom stereocenters. The van der Waals surface area contributed by atoms with E-state index in [9.17, 15) is 18.0 Å². The van der Waals surface area contributed by atoms with Crippen LogP contribution in [0.25, 0.3) is 0 Å². The molecule has 4 nitrogen and oxygen atoms in total. The van der Waals surface area contributed by atoms with E-state index < -0.39 is 18.0 Å². The number of nitrogens with one attached hydrogen (secondary N) is 1. The number of halogens is 3. The first-order valence-electron chi connectivity index (χ1n) is 5.93. The first-order valence-corrected chi connectivity index (χ1v) is 5.93. The van der Waals surface area contributed by atoms with Crippen molar-refractivity contribution in [3.63, 3.8) is 0 Å². The zero-order valence-corrected chi connectivity index (χ0v) is 17.5. The van der Waals surface area contributed by atoms with Crippen LogP contribution < -0.4 is 10.1 Å². The Hall–Kier alpha value is 2.31. The number of hydrogen-bond acceptors (Lipinski definition) is 3. The molecule has 137 valence electrons. The Bertz CT molecular complexity index is 659. The molecule has 1 aromatic carbocycles. The average Bonchev–Trinajstić information content (AvgIpc) is 2.40. The van der Waals surface area contributed by atoms with Gasteiger partial charge in [-0.1, -0.05) is 12.1 Å². The molecule has 25 heavy (non-hydrogen) atoms. The molecule has 1 heterocycles. The second kappa shape index (κ2) is 15.2. The molecule has 0 spiro atoms. The van der Waals surface area contributed by atoms with E-state index in [1.807, 2.05) is 6.92 Å². The quantitative estimate of drug-likeness (QED) is 0.695. The molecule has 0 unspecified atom stereocenters. The van der Waals surface area contributed by atoms with Gasteiger partial charge < -0.3 is 10.1 Å². The van der Waals surface area contributed by atoms with Crippen LogP contribution in [0.15, 0.2) is 42.6 Å². The molecule has 1 N–H and O–H groups in total. The Balaban J connectivity index is -0.00000121.